The first-order valence-electron chi connectivity index (χ1n) is 8.01. The predicted octanol–water partition coefficient (Wildman–Crippen LogP) is 4.02. The Morgan fingerprint density at radius 1 is 1.00 bits per heavy atom. The van der Waals surface area contributed by atoms with E-state index in [2.05, 4.69) is 28.7 Å². The maximum Gasteiger partial charge on any atom is 0.217 e. The molecule has 2 aromatic rings. The van der Waals surface area contributed by atoms with E-state index in [1.54, 1.807) is 7.11 Å². The summed E-state index contributed by atoms with van der Waals surface area (Å²) in [5.41, 5.74) is 1.84. The lowest BCUT2D eigenvalue weighted by atomic mass is 10.2. The number of rotatable bonds is 8. The summed E-state index contributed by atoms with van der Waals surface area (Å²) >= 11 is 0. The van der Waals surface area contributed by atoms with Gasteiger partial charge in [0, 0.05) is 23.9 Å². The predicted molar refractivity (Wildman–Crippen MR) is 107 cm³/mol. The van der Waals surface area contributed by atoms with E-state index in [1.807, 2.05) is 37.3 Å². The summed E-state index contributed by atoms with van der Waals surface area (Å²) < 4.78 is 11.0. The zero-order valence-electron chi connectivity index (χ0n) is 15.2. The van der Waals surface area contributed by atoms with Crippen molar-refractivity contribution in [2.75, 3.05) is 33.4 Å². The Hall–Kier alpha value is -1.56. The Morgan fingerprint density at radius 3 is 2.20 bits per heavy atom. The van der Waals surface area contributed by atoms with E-state index in [4.69, 9.17) is 9.47 Å². The molecule has 0 N–H and O–H groups in total. The van der Waals surface area contributed by atoms with Gasteiger partial charge in [0.05, 0.1) is 7.11 Å². The van der Waals surface area contributed by atoms with Gasteiger partial charge in [0.15, 0.2) is 5.82 Å². The van der Waals surface area contributed by atoms with Gasteiger partial charge < -0.3 is 14.4 Å². The van der Waals surface area contributed by atoms with E-state index in [0.29, 0.717) is 18.3 Å². The van der Waals surface area contributed by atoms with Gasteiger partial charge in [-0.15, -0.1) is 24.8 Å². The monoisotopic (exact) mass is 387 g/mol. The molecule has 0 unspecified atom stereocenters. The molecule has 0 atom stereocenters. The summed E-state index contributed by atoms with van der Waals surface area (Å²) in [6.45, 7) is 9.83. The maximum atomic E-state index is 5.81. The Labute approximate surface area is 162 Å². The largest absolute Gasteiger partial charge is 0.497 e. The van der Waals surface area contributed by atoms with Gasteiger partial charge in [-0.3, -0.25) is 0 Å². The third kappa shape index (κ3) is 7.06. The number of hydrogen-bond donors (Lipinski definition) is 0. The van der Waals surface area contributed by atoms with Crippen LogP contribution in [-0.2, 0) is 0 Å². The molecule has 0 aliphatic heterocycles. The molecule has 0 radical (unpaired) electrons. The topological polar surface area (TPSA) is 47.5 Å². The Balaban J connectivity index is 0.00000288. The van der Waals surface area contributed by atoms with Crippen LogP contribution >= 0.6 is 24.8 Å². The molecule has 5 nitrogen and oxygen atoms in total. The number of aromatic nitrogens is 2. The average molecular weight is 388 g/mol. The molecule has 0 spiro atoms. The molecule has 140 valence electrons. The fourth-order valence-electron chi connectivity index (χ4n) is 2.30. The van der Waals surface area contributed by atoms with Gasteiger partial charge in [-0.05, 0) is 44.3 Å². The molecule has 1 heterocycles. The fourth-order valence-corrected chi connectivity index (χ4v) is 2.30. The van der Waals surface area contributed by atoms with Crippen molar-refractivity contribution >= 4 is 24.8 Å². The minimum absolute atomic E-state index is 0. The summed E-state index contributed by atoms with van der Waals surface area (Å²) in [6.07, 6.45) is 0. The Bertz CT molecular complexity index is 620. The van der Waals surface area contributed by atoms with Gasteiger partial charge in [0.2, 0.25) is 5.88 Å². The van der Waals surface area contributed by atoms with Crippen molar-refractivity contribution < 1.29 is 9.47 Å². The summed E-state index contributed by atoms with van der Waals surface area (Å²) in [5, 5.41) is 0. The molecule has 0 amide bonds. The molecule has 0 fully saturated rings. The lowest BCUT2D eigenvalue weighted by molar-refractivity contribution is 0.218. The number of nitrogens with zero attached hydrogens (tertiary/aromatic N) is 3. The number of halogens is 2. The van der Waals surface area contributed by atoms with Crippen LogP contribution in [0.3, 0.4) is 0 Å². The fraction of sp³-hybridized carbons (Fsp3) is 0.444. The minimum atomic E-state index is 0. The summed E-state index contributed by atoms with van der Waals surface area (Å²) in [6, 6.07) is 9.58. The lowest BCUT2D eigenvalue weighted by Crippen LogP contribution is -2.28. The van der Waals surface area contributed by atoms with Crippen molar-refractivity contribution in [2.45, 2.75) is 20.8 Å². The standard InChI is InChI=1S/C18H25N3O2.2ClH/c1-5-21(6-2)11-12-23-17-13-14(3)19-18(20-17)15-7-9-16(22-4)10-8-15;;/h7-10,13H,5-6,11-12H2,1-4H3;2*1H. The molecule has 7 heteroatoms. The molecule has 1 aromatic carbocycles. The van der Waals surface area contributed by atoms with Crippen LogP contribution in [0.1, 0.15) is 19.5 Å². The number of aryl methyl sites for hydroxylation is 1. The van der Waals surface area contributed by atoms with E-state index >= 15 is 0 Å². The van der Waals surface area contributed by atoms with Crippen LogP contribution in [0.25, 0.3) is 11.4 Å². The van der Waals surface area contributed by atoms with E-state index in [-0.39, 0.29) is 24.8 Å². The smallest absolute Gasteiger partial charge is 0.217 e. The van der Waals surface area contributed by atoms with Crippen LogP contribution in [0.5, 0.6) is 11.6 Å². The molecule has 1 aromatic heterocycles. The maximum absolute atomic E-state index is 5.81. The van der Waals surface area contributed by atoms with E-state index in [9.17, 15) is 0 Å². The second-order valence-electron chi connectivity index (χ2n) is 5.28. The van der Waals surface area contributed by atoms with Gasteiger partial charge in [0.25, 0.3) is 0 Å². The molecule has 0 aliphatic carbocycles. The third-order valence-electron chi connectivity index (χ3n) is 3.73. The lowest BCUT2D eigenvalue weighted by Gasteiger charge is -2.17. The molecular formula is C18H27Cl2N3O2. The first-order chi connectivity index (χ1) is 11.2. The Kier molecular flexibility index (Phi) is 11.2. The molecule has 0 saturated heterocycles. The zero-order valence-corrected chi connectivity index (χ0v) is 16.8. The molecular weight excluding hydrogens is 361 g/mol. The molecule has 0 aliphatic rings. The first-order valence-corrected chi connectivity index (χ1v) is 8.01. The van der Waals surface area contributed by atoms with Crippen molar-refractivity contribution in [1.82, 2.24) is 14.9 Å². The van der Waals surface area contributed by atoms with Crippen LogP contribution in [0, 0.1) is 6.92 Å². The molecule has 0 bridgehead atoms. The molecule has 0 saturated carbocycles. The second-order valence-corrected chi connectivity index (χ2v) is 5.28. The van der Waals surface area contributed by atoms with Crippen molar-refractivity contribution in [3.63, 3.8) is 0 Å². The van der Waals surface area contributed by atoms with Crippen LogP contribution in [0.15, 0.2) is 30.3 Å². The van der Waals surface area contributed by atoms with Crippen molar-refractivity contribution in [1.29, 1.82) is 0 Å². The van der Waals surface area contributed by atoms with Gasteiger partial charge in [0.1, 0.15) is 12.4 Å². The highest BCUT2D eigenvalue weighted by molar-refractivity contribution is 5.85. The number of ether oxygens (including phenoxy) is 2. The highest BCUT2D eigenvalue weighted by atomic mass is 35.5. The SMILES string of the molecule is CCN(CC)CCOc1cc(C)nc(-c2ccc(OC)cc2)n1.Cl.Cl. The zero-order chi connectivity index (χ0) is 16.7. The number of likely N-dealkylation sites (N-methyl/N-ethyl adjacent to an activating group) is 1. The minimum Gasteiger partial charge on any atom is -0.497 e. The van der Waals surface area contributed by atoms with Gasteiger partial charge in [-0.25, -0.2) is 4.98 Å². The normalized spacial score (nSPS) is 9.96. The summed E-state index contributed by atoms with van der Waals surface area (Å²) in [4.78, 5) is 11.3. The van der Waals surface area contributed by atoms with Gasteiger partial charge in [-0.1, -0.05) is 13.8 Å². The second kappa shape index (κ2) is 11.9. The van der Waals surface area contributed by atoms with Crippen LogP contribution in [0.2, 0.25) is 0 Å². The average Bonchev–Trinajstić information content (AvgIpc) is 2.58. The third-order valence-corrected chi connectivity index (χ3v) is 3.73. The number of methoxy groups -OCH3 is 1. The van der Waals surface area contributed by atoms with E-state index in [1.165, 1.54) is 0 Å². The van der Waals surface area contributed by atoms with Crippen molar-refractivity contribution in [2.24, 2.45) is 0 Å². The quantitative estimate of drug-likeness (QED) is 0.684. The van der Waals surface area contributed by atoms with E-state index < -0.39 is 0 Å². The van der Waals surface area contributed by atoms with Crippen molar-refractivity contribution in [3.05, 3.63) is 36.0 Å². The van der Waals surface area contributed by atoms with Gasteiger partial charge in [-0.2, -0.15) is 4.98 Å². The van der Waals surface area contributed by atoms with Crippen LogP contribution in [-0.4, -0.2) is 48.2 Å². The Morgan fingerprint density at radius 2 is 1.64 bits per heavy atom. The summed E-state index contributed by atoms with van der Waals surface area (Å²) in [5.74, 6) is 2.11. The summed E-state index contributed by atoms with van der Waals surface area (Å²) in [7, 11) is 1.65. The number of hydrogen-bond acceptors (Lipinski definition) is 5. The molecule has 25 heavy (non-hydrogen) atoms. The van der Waals surface area contributed by atoms with Crippen LogP contribution in [0.4, 0.5) is 0 Å². The first kappa shape index (κ1) is 23.4. The van der Waals surface area contributed by atoms with Crippen molar-refractivity contribution in [3.8, 4) is 23.0 Å². The van der Waals surface area contributed by atoms with Gasteiger partial charge >= 0.3 is 0 Å². The highest BCUT2D eigenvalue weighted by Crippen LogP contribution is 2.21. The molecule has 2 rings (SSSR count). The number of benzene rings is 1. The highest BCUT2D eigenvalue weighted by Gasteiger charge is 2.07. The van der Waals surface area contributed by atoms with Crippen LogP contribution < -0.4 is 9.47 Å². The van der Waals surface area contributed by atoms with E-state index in [0.717, 1.165) is 36.6 Å².